The molecule has 5 nitrogen and oxygen atoms in total. The summed E-state index contributed by atoms with van der Waals surface area (Å²) in [5.74, 6) is 0.308. The van der Waals surface area contributed by atoms with Gasteiger partial charge in [-0.05, 0) is 37.5 Å². The van der Waals surface area contributed by atoms with Gasteiger partial charge in [-0.2, -0.15) is 0 Å². The average molecular weight is 293 g/mol. The van der Waals surface area contributed by atoms with E-state index in [0.29, 0.717) is 19.1 Å². The molecule has 0 fully saturated rings. The van der Waals surface area contributed by atoms with Gasteiger partial charge in [0.15, 0.2) is 0 Å². The third kappa shape index (κ3) is 6.14. The van der Waals surface area contributed by atoms with Gasteiger partial charge in [0.05, 0.1) is 12.6 Å². The third-order valence-corrected chi connectivity index (χ3v) is 3.32. The van der Waals surface area contributed by atoms with Crippen molar-refractivity contribution in [3.05, 3.63) is 29.8 Å². The number of benzene rings is 1. The summed E-state index contributed by atoms with van der Waals surface area (Å²) < 4.78 is 5.39. The predicted octanol–water partition coefficient (Wildman–Crippen LogP) is 2.89. The van der Waals surface area contributed by atoms with E-state index in [-0.39, 0.29) is 18.1 Å². The fourth-order valence-corrected chi connectivity index (χ4v) is 1.85. The Morgan fingerprint density at radius 2 is 1.86 bits per heavy atom. The number of amides is 2. The first kappa shape index (κ1) is 17.5. The number of anilines is 1. The van der Waals surface area contributed by atoms with Crippen molar-refractivity contribution in [1.29, 1.82) is 0 Å². The number of rotatable bonds is 7. The fourth-order valence-electron chi connectivity index (χ4n) is 1.85. The summed E-state index contributed by atoms with van der Waals surface area (Å²) in [6.45, 7) is 9.15. The third-order valence-electron chi connectivity index (χ3n) is 3.32. The Kier molecular flexibility index (Phi) is 7.19. The molecule has 0 heterocycles. The van der Waals surface area contributed by atoms with Crippen molar-refractivity contribution < 1.29 is 9.53 Å². The van der Waals surface area contributed by atoms with Gasteiger partial charge in [-0.25, -0.2) is 4.79 Å². The van der Waals surface area contributed by atoms with Crippen molar-refractivity contribution in [2.45, 2.75) is 39.8 Å². The van der Waals surface area contributed by atoms with Crippen LogP contribution in [0.4, 0.5) is 10.5 Å². The standard InChI is InChI=1S/C16H27N3O2/c1-5-21-10-15(11(2)3)19-16(20)18-14-8-6-13(7-9-14)12(4)17/h6-9,11-12,15H,5,10,17H2,1-4H3,(H2,18,19,20). The zero-order valence-corrected chi connectivity index (χ0v) is 13.3. The predicted molar refractivity (Wildman–Crippen MR) is 86.3 cm³/mol. The number of hydrogen-bond acceptors (Lipinski definition) is 3. The summed E-state index contributed by atoms with van der Waals surface area (Å²) in [6, 6.07) is 7.30. The molecule has 5 heteroatoms. The Hall–Kier alpha value is -1.59. The first-order valence-electron chi connectivity index (χ1n) is 7.44. The molecule has 0 aliphatic carbocycles. The molecular weight excluding hydrogens is 266 g/mol. The van der Waals surface area contributed by atoms with Gasteiger partial charge < -0.3 is 21.1 Å². The van der Waals surface area contributed by atoms with E-state index in [4.69, 9.17) is 10.5 Å². The number of nitrogens with two attached hydrogens (primary N) is 1. The van der Waals surface area contributed by atoms with E-state index >= 15 is 0 Å². The lowest BCUT2D eigenvalue weighted by atomic mass is 10.1. The largest absolute Gasteiger partial charge is 0.380 e. The summed E-state index contributed by atoms with van der Waals surface area (Å²) >= 11 is 0. The van der Waals surface area contributed by atoms with Crippen LogP contribution >= 0.6 is 0 Å². The van der Waals surface area contributed by atoms with Gasteiger partial charge in [0.25, 0.3) is 0 Å². The Morgan fingerprint density at radius 3 is 2.33 bits per heavy atom. The first-order chi connectivity index (χ1) is 9.93. The molecule has 4 N–H and O–H groups in total. The Balaban J connectivity index is 2.55. The van der Waals surface area contributed by atoms with Crippen molar-refractivity contribution >= 4 is 11.7 Å². The van der Waals surface area contributed by atoms with E-state index in [9.17, 15) is 4.79 Å². The summed E-state index contributed by atoms with van der Waals surface area (Å²) in [5, 5.41) is 5.76. The van der Waals surface area contributed by atoms with Crippen molar-refractivity contribution in [3.63, 3.8) is 0 Å². The highest BCUT2D eigenvalue weighted by Crippen LogP contribution is 2.14. The Morgan fingerprint density at radius 1 is 1.24 bits per heavy atom. The van der Waals surface area contributed by atoms with Crippen molar-refractivity contribution in [3.8, 4) is 0 Å². The quantitative estimate of drug-likeness (QED) is 0.723. The normalized spacial score (nSPS) is 13.8. The van der Waals surface area contributed by atoms with Crippen LogP contribution in [-0.4, -0.2) is 25.3 Å². The van der Waals surface area contributed by atoms with Gasteiger partial charge in [-0.3, -0.25) is 0 Å². The molecule has 0 aromatic heterocycles. The van der Waals surface area contributed by atoms with Crippen molar-refractivity contribution in [2.75, 3.05) is 18.5 Å². The van der Waals surface area contributed by atoms with Crippen LogP contribution in [0.15, 0.2) is 24.3 Å². The maximum absolute atomic E-state index is 12.0. The van der Waals surface area contributed by atoms with Gasteiger partial charge in [0.2, 0.25) is 0 Å². The van der Waals surface area contributed by atoms with E-state index in [1.165, 1.54) is 0 Å². The zero-order chi connectivity index (χ0) is 15.8. The van der Waals surface area contributed by atoms with Gasteiger partial charge in [-0.1, -0.05) is 26.0 Å². The molecule has 21 heavy (non-hydrogen) atoms. The number of carbonyl (C=O) groups excluding carboxylic acids is 1. The molecule has 0 radical (unpaired) electrons. The Labute approximate surface area is 127 Å². The highest BCUT2D eigenvalue weighted by molar-refractivity contribution is 5.89. The molecule has 1 rings (SSSR count). The minimum Gasteiger partial charge on any atom is -0.380 e. The van der Waals surface area contributed by atoms with Crippen LogP contribution in [0.25, 0.3) is 0 Å². The van der Waals surface area contributed by atoms with Crippen LogP contribution < -0.4 is 16.4 Å². The van der Waals surface area contributed by atoms with Crippen LogP contribution in [0.5, 0.6) is 0 Å². The lowest BCUT2D eigenvalue weighted by molar-refractivity contribution is 0.111. The topological polar surface area (TPSA) is 76.4 Å². The van der Waals surface area contributed by atoms with Gasteiger partial charge >= 0.3 is 6.03 Å². The SMILES string of the molecule is CCOCC(NC(=O)Nc1ccc(C(C)N)cc1)C(C)C. The van der Waals surface area contributed by atoms with Crippen LogP contribution in [0.1, 0.15) is 39.3 Å². The molecule has 2 atom stereocenters. The molecule has 0 saturated heterocycles. The molecular formula is C16H27N3O2. The number of carbonyl (C=O) groups is 1. The number of ether oxygens (including phenoxy) is 1. The van der Waals surface area contributed by atoms with Gasteiger partial charge in [0, 0.05) is 18.3 Å². The highest BCUT2D eigenvalue weighted by Gasteiger charge is 2.16. The average Bonchev–Trinajstić information content (AvgIpc) is 2.43. The highest BCUT2D eigenvalue weighted by atomic mass is 16.5. The van der Waals surface area contributed by atoms with Crippen LogP contribution in [0.3, 0.4) is 0 Å². The minimum absolute atomic E-state index is 0.00622. The fraction of sp³-hybridized carbons (Fsp3) is 0.562. The zero-order valence-electron chi connectivity index (χ0n) is 13.3. The number of nitrogens with one attached hydrogen (secondary N) is 2. The van der Waals surface area contributed by atoms with E-state index in [1.807, 2.05) is 38.1 Å². The molecule has 2 unspecified atom stereocenters. The molecule has 0 aliphatic rings. The van der Waals surface area contributed by atoms with Gasteiger partial charge in [0.1, 0.15) is 0 Å². The lowest BCUT2D eigenvalue weighted by Crippen LogP contribution is -2.44. The smallest absolute Gasteiger partial charge is 0.319 e. The molecule has 0 bridgehead atoms. The second kappa shape index (κ2) is 8.64. The monoisotopic (exact) mass is 293 g/mol. The first-order valence-corrected chi connectivity index (χ1v) is 7.44. The van der Waals surface area contributed by atoms with Crippen LogP contribution in [-0.2, 0) is 4.74 Å². The number of urea groups is 1. The van der Waals surface area contributed by atoms with Crippen LogP contribution in [0.2, 0.25) is 0 Å². The van der Waals surface area contributed by atoms with Gasteiger partial charge in [-0.15, -0.1) is 0 Å². The summed E-state index contributed by atoms with van der Waals surface area (Å²) in [4.78, 5) is 12.0. The number of hydrogen-bond donors (Lipinski definition) is 3. The van der Waals surface area contributed by atoms with E-state index < -0.39 is 0 Å². The maximum atomic E-state index is 12.0. The van der Waals surface area contributed by atoms with E-state index in [1.54, 1.807) is 0 Å². The van der Waals surface area contributed by atoms with Crippen molar-refractivity contribution in [1.82, 2.24) is 5.32 Å². The van der Waals surface area contributed by atoms with E-state index in [2.05, 4.69) is 24.5 Å². The molecule has 118 valence electrons. The maximum Gasteiger partial charge on any atom is 0.319 e. The van der Waals surface area contributed by atoms with Crippen molar-refractivity contribution in [2.24, 2.45) is 11.7 Å². The lowest BCUT2D eigenvalue weighted by Gasteiger charge is -2.22. The molecule has 0 saturated carbocycles. The summed E-state index contributed by atoms with van der Waals surface area (Å²) in [7, 11) is 0. The van der Waals surface area contributed by atoms with Crippen LogP contribution in [0, 0.1) is 5.92 Å². The molecule has 0 spiro atoms. The summed E-state index contributed by atoms with van der Waals surface area (Å²) in [5.41, 5.74) is 7.58. The Bertz CT molecular complexity index is 430. The second-order valence-corrected chi connectivity index (χ2v) is 5.52. The summed E-state index contributed by atoms with van der Waals surface area (Å²) in [6.07, 6.45) is 0. The molecule has 2 amide bonds. The molecule has 1 aromatic rings. The molecule has 1 aromatic carbocycles. The molecule has 0 aliphatic heterocycles. The second-order valence-electron chi connectivity index (χ2n) is 5.52. The minimum atomic E-state index is -0.220. The van der Waals surface area contributed by atoms with E-state index in [0.717, 1.165) is 11.3 Å².